The van der Waals surface area contributed by atoms with Crippen molar-refractivity contribution in [1.82, 2.24) is 9.55 Å². The molecule has 10 heteroatoms. The summed E-state index contributed by atoms with van der Waals surface area (Å²) in [6.07, 6.45) is 2.77. The number of hydrogen-bond acceptors (Lipinski definition) is 6. The number of rotatable bonds is 10. The van der Waals surface area contributed by atoms with E-state index in [0.29, 0.717) is 28.0 Å². The number of nitrogens with one attached hydrogen (secondary N) is 1. The average molecular weight is 544 g/mol. The van der Waals surface area contributed by atoms with Crippen molar-refractivity contribution in [3.63, 3.8) is 0 Å². The van der Waals surface area contributed by atoms with Crippen LogP contribution < -0.4 is 4.72 Å². The predicted octanol–water partition coefficient (Wildman–Crippen LogP) is 5.73. The molecule has 0 spiro atoms. The van der Waals surface area contributed by atoms with E-state index in [-0.39, 0.29) is 12.2 Å². The maximum atomic E-state index is 12.7. The van der Waals surface area contributed by atoms with Crippen LogP contribution in [0.4, 0.5) is 5.00 Å². The van der Waals surface area contributed by atoms with Crippen molar-refractivity contribution in [2.75, 3.05) is 4.72 Å². The van der Waals surface area contributed by atoms with Crippen LogP contribution in [0.25, 0.3) is 11.1 Å². The predicted molar refractivity (Wildman–Crippen MR) is 144 cm³/mol. The summed E-state index contributed by atoms with van der Waals surface area (Å²) < 4.78 is 29.8. The van der Waals surface area contributed by atoms with Gasteiger partial charge in [-0.3, -0.25) is 9.52 Å². The number of aryl methyl sites for hydroxylation is 1. The summed E-state index contributed by atoms with van der Waals surface area (Å²) in [6.45, 7) is 2.41. The Morgan fingerprint density at radius 2 is 1.83 bits per heavy atom. The molecule has 0 unspecified atom stereocenters. The zero-order valence-corrected chi connectivity index (χ0v) is 22.0. The number of halogens is 1. The average Bonchev–Trinajstić information content (AvgIpc) is 3.46. The summed E-state index contributed by atoms with van der Waals surface area (Å²) in [5.74, 6) is 0.840. The quantitative estimate of drug-likeness (QED) is 0.266. The lowest BCUT2D eigenvalue weighted by molar-refractivity contribution is 0.107. The first-order valence-electron chi connectivity index (χ1n) is 11.5. The van der Waals surface area contributed by atoms with Crippen LogP contribution in [0.15, 0.2) is 66.0 Å². The zero-order valence-electron chi connectivity index (χ0n) is 19.6. The minimum absolute atomic E-state index is 0.104. The van der Waals surface area contributed by atoms with Gasteiger partial charge in [0.1, 0.15) is 10.8 Å². The van der Waals surface area contributed by atoms with Crippen molar-refractivity contribution >= 4 is 43.1 Å². The highest BCUT2D eigenvalue weighted by atomic mass is 35.5. The fourth-order valence-corrected chi connectivity index (χ4v) is 6.18. The molecule has 4 rings (SSSR count). The monoisotopic (exact) mass is 543 g/mol. The van der Waals surface area contributed by atoms with Crippen LogP contribution in [0.1, 0.15) is 47.2 Å². The second kappa shape index (κ2) is 11.4. The third-order valence-electron chi connectivity index (χ3n) is 5.76. The van der Waals surface area contributed by atoms with Gasteiger partial charge in [0, 0.05) is 24.1 Å². The summed E-state index contributed by atoms with van der Waals surface area (Å²) >= 11 is 7.46. The number of unbranched alkanes of at least 4 members (excludes halogenated alkanes) is 1. The van der Waals surface area contributed by atoms with Gasteiger partial charge in [-0.1, -0.05) is 79.5 Å². The van der Waals surface area contributed by atoms with Gasteiger partial charge in [-0.2, -0.15) is 8.42 Å². The molecule has 0 atom stereocenters. The molecular formula is C26H26ClN3O4S2. The third kappa shape index (κ3) is 5.70. The van der Waals surface area contributed by atoms with E-state index in [1.165, 1.54) is 23.5 Å². The van der Waals surface area contributed by atoms with E-state index >= 15 is 0 Å². The number of aliphatic hydroxyl groups excluding tert-OH is 1. The molecule has 0 aliphatic heterocycles. The van der Waals surface area contributed by atoms with Crippen molar-refractivity contribution in [3.8, 4) is 11.1 Å². The number of aliphatic hydroxyl groups is 1. The van der Waals surface area contributed by atoms with E-state index in [4.69, 9.17) is 11.6 Å². The maximum absolute atomic E-state index is 12.7. The van der Waals surface area contributed by atoms with Crippen molar-refractivity contribution in [2.45, 2.75) is 39.3 Å². The summed E-state index contributed by atoms with van der Waals surface area (Å²) in [7, 11) is -4.26. The molecule has 7 nitrogen and oxygen atoms in total. The number of carbonyl (C=O) groups is 1. The van der Waals surface area contributed by atoms with Gasteiger partial charge in [0.2, 0.25) is 0 Å². The van der Waals surface area contributed by atoms with E-state index in [0.717, 1.165) is 36.2 Å². The number of imidazole rings is 1. The highest BCUT2D eigenvalue weighted by Crippen LogP contribution is 2.34. The number of sulfonamides is 1. The zero-order chi connectivity index (χ0) is 25.7. The smallest absolute Gasteiger partial charge is 0.301 e. The second-order valence-electron chi connectivity index (χ2n) is 8.23. The molecule has 2 heterocycles. The van der Waals surface area contributed by atoms with Gasteiger partial charge < -0.3 is 9.67 Å². The molecule has 0 bridgehead atoms. The molecule has 2 aromatic carbocycles. The molecule has 36 heavy (non-hydrogen) atoms. The van der Waals surface area contributed by atoms with E-state index in [9.17, 15) is 18.3 Å². The van der Waals surface area contributed by atoms with Crippen molar-refractivity contribution in [2.24, 2.45) is 0 Å². The minimum atomic E-state index is -4.26. The lowest BCUT2D eigenvalue weighted by Gasteiger charge is -2.12. The van der Waals surface area contributed by atoms with Gasteiger partial charge >= 0.3 is 10.0 Å². The largest absolute Gasteiger partial charge is 0.390 e. The van der Waals surface area contributed by atoms with Crippen molar-refractivity contribution in [1.29, 1.82) is 0 Å². The first-order valence-corrected chi connectivity index (χ1v) is 14.2. The number of nitrogens with zero attached hydrogens (tertiary/aromatic N) is 2. The molecule has 188 valence electrons. The SMILES string of the molecule is CCCCc1nc(Cl)c(CO)n1Cc1ccc(-c2ccsc2NS(=O)(=O)C(=O)c2ccccc2)cc1. The second-order valence-corrected chi connectivity index (χ2v) is 11.1. The van der Waals surface area contributed by atoms with Gasteiger partial charge in [0.05, 0.1) is 12.3 Å². The van der Waals surface area contributed by atoms with Crippen LogP contribution in [-0.4, -0.2) is 28.2 Å². The molecule has 2 aromatic heterocycles. The van der Waals surface area contributed by atoms with Crippen LogP contribution in [0.5, 0.6) is 0 Å². The van der Waals surface area contributed by atoms with Crippen LogP contribution in [0.2, 0.25) is 5.15 Å². The lowest BCUT2D eigenvalue weighted by Crippen LogP contribution is -2.22. The van der Waals surface area contributed by atoms with Crippen LogP contribution in [0.3, 0.4) is 0 Å². The van der Waals surface area contributed by atoms with E-state index in [1.807, 2.05) is 34.9 Å². The number of benzene rings is 2. The number of carbonyl (C=O) groups excluding carboxylic acids is 1. The van der Waals surface area contributed by atoms with Crippen LogP contribution in [-0.2, 0) is 29.6 Å². The molecule has 0 radical (unpaired) electrons. The van der Waals surface area contributed by atoms with E-state index in [2.05, 4.69) is 16.6 Å². The summed E-state index contributed by atoms with van der Waals surface area (Å²) in [5, 5.41) is 11.3. The Hall–Kier alpha value is -2.98. The summed E-state index contributed by atoms with van der Waals surface area (Å²) in [4.78, 5) is 17.0. The topological polar surface area (TPSA) is 101 Å². The number of aromatic nitrogens is 2. The highest BCUT2D eigenvalue weighted by molar-refractivity contribution is 8.07. The normalized spacial score (nSPS) is 11.5. The van der Waals surface area contributed by atoms with Crippen LogP contribution >= 0.6 is 22.9 Å². The molecule has 0 fully saturated rings. The Balaban J connectivity index is 1.54. The molecule has 0 aliphatic rings. The molecule has 4 aromatic rings. The lowest BCUT2D eigenvalue weighted by atomic mass is 10.1. The molecule has 0 aliphatic carbocycles. The molecule has 2 N–H and O–H groups in total. The molecule has 0 saturated heterocycles. The van der Waals surface area contributed by atoms with Gasteiger partial charge in [0.25, 0.3) is 5.12 Å². The van der Waals surface area contributed by atoms with Crippen molar-refractivity contribution in [3.05, 3.63) is 93.8 Å². The highest BCUT2D eigenvalue weighted by Gasteiger charge is 2.25. The van der Waals surface area contributed by atoms with Gasteiger partial charge in [-0.25, -0.2) is 4.98 Å². The Kier molecular flexibility index (Phi) is 8.25. The molecule has 0 amide bonds. The first kappa shape index (κ1) is 26.1. The maximum Gasteiger partial charge on any atom is 0.301 e. The Labute approximate surface area is 219 Å². The fourth-order valence-electron chi connectivity index (χ4n) is 3.85. The first-order chi connectivity index (χ1) is 17.3. The number of hydrogen-bond donors (Lipinski definition) is 2. The van der Waals surface area contributed by atoms with Crippen LogP contribution in [0, 0.1) is 0 Å². The standard InChI is InChI=1S/C26H26ClN3O4S2/c1-2-3-9-23-28-24(27)22(17-31)30(23)16-18-10-12-19(13-11-18)21-14-15-35-25(21)29-36(33,34)26(32)20-7-5-4-6-8-20/h4-8,10-15,29,31H,2-3,9,16-17H2,1H3. The van der Waals surface area contributed by atoms with Crippen molar-refractivity contribution < 1.29 is 18.3 Å². The summed E-state index contributed by atoms with van der Waals surface area (Å²) in [5.41, 5.74) is 3.16. The van der Waals surface area contributed by atoms with Gasteiger partial charge in [-0.15, -0.1) is 11.3 Å². The number of thiophene rings is 1. The van der Waals surface area contributed by atoms with E-state index in [1.54, 1.807) is 23.6 Å². The Morgan fingerprint density at radius 1 is 1.11 bits per heavy atom. The molecule has 0 saturated carbocycles. The van der Waals surface area contributed by atoms with Gasteiger partial charge in [-0.05, 0) is 29.0 Å². The van der Waals surface area contributed by atoms with Gasteiger partial charge in [0.15, 0.2) is 5.15 Å². The minimum Gasteiger partial charge on any atom is -0.390 e. The molecular weight excluding hydrogens is 518 g/mol. The Bertz CT molecular complexity index is 1450. The Morgan fingerprint density at radius 3 is 2.50 bits per heavy atom. The summed E-state index contributed by atoms with van der Waals surface area (Å²) in [6, 6.07) is 17.4. The number of anilines is 1. The van der Waals surface area contributed by atoms with E-state index < -0.39 is 15.1 Å². The third-order valence-corrected chi connectivity index (χ3v) is 8.22. The fraction of sp³-hybridized carbons (Fsp3) is 0.231.